The zero-order valence-corrected chi connectivity index (χ0v) is 20.1. The van der Waals surface area contributed by atoms with Gasteiger partial charge in [0.15, 0.2) is 0 Å². The first kappa shape index (κ1) is 23.9. The molecule has 0 saturated carbocycles. The number of carbonyl (C=O) groups is 1. The molecule has 32 heavy (non-hydrogen) atoms. The molecule has 0 spiro atoms. The molecule has 0 fully saturated rings. The van der Waals surface area contributed by atoms with Crippen molar-refractivity contribution < 1.29 is 14.3 Å². The fourth-order valence-corrected chi connectivity index (χ4v) is 4.01. The minimum absolute atomic E-state index is 0.146. The summed E-state index contributed by atoms with van der Waals surface area (Å²) in [7, 11) is 0. The molecule has 1 aromatic carbocycles. The van der Waals surface area contributed by atoms with Crippen molar-refractivity contribution in [3.05, 3.63) is 53.8 Å². The Kier molecular flexibility index (Phi) is 8.39. The second-order valence-electron chi connectivity index (χ2n) is 8.06. The van der Waals surface area contributed by atoms with Crippen molar-refractivity contribution in [2.75, 3.05) is 24.3 Å². The van der Waals surface area contributed by atoms with E-state index < -0.39 is 12.0 Å². The number of aromatic nitrogens is 3. The number of anilines is 1. The van der Waals surface area contributed by atoms with Gasteiger partial charge in [0.25, 0.3) is 0 Å². The van der Waals surface area contributed by atoms with Gasteiger partial charge >= 0.3 is 5.97 Å². The van der Waals surface area contributed by atoms with Gasteiger partial charge in [-0.25, -0.2) is 9.48 Å². The average molecular weight is 457 g/mol. The molecule has 1 aromatic heterocycles. The second kappa shape index (κ2) is 11.2. The lowest BCUT2D eigenvalue weighted by molar-refractivity contribution is -0.138. The first-order chi connectivity index (χ1) is 15.4. The van der Waals surface area contributed by atoms with Crippen LogP contribution < -0.4 is 10.1 Å². The molecule has 1 unspecified atom stereocenters. The summed E-state index contributed by atoms with van der Waals surface area (Å²) >= 11 is 1.60. The van der Waals surface area contributed by atoms with Crippen molar-refractivity contribution in [1.29, 1.82) is 0 Å². The Morgan fingerprint density at radius 1 is 1.34 bits per heavy atom. The van der Waals surface area contributed by atoms with E-state index in [1.807, 2.05) is 31.2 Å². The van der Waals surface area contributed by atoms with Gasteiger partial charge in [-0.05, 0) is 43.4 Å². The second-order valence-corrected chi connectivity index (χ2v) is 9.13. The maximum absolute atomic E-state index is 13.0. The predicted molar refractivity (Wildman–Crippen MR) is 128 cm³/mol. The Morgan fingerprint density at radius 3 is 2.75 bits per heavy atom. The number of rotatable bonds is 11. The van der Waals surface area contributed by atoms with Gasteiger partial charge in [0.05, 0.1) is 12.2 Å². The number of thioether (sulfide) groups is 1. The van der Waals surface area contributed by atoms with Crippen LogP contribution in [0.3, 0.4) is 0 Å². The smallest absolute Gasteiger partial charge is 0.338 e. The maximum Gasteiger partial charge on any atom is 0.338 e. The summed E-state index contributed by atoms with van der Waals surface area (Å²) in [5.41, 5.74) is 2.11. The Morgan fingerprint density at radius 2 is 2.09 bits per heavy atom. The van der Waals surface area contributed by atoms with E-state index in [4.69, 9.17) is 14.6 Å². The number of esters is 1. The molecule has 3 rings (SSSR count). The molecular formula is C24H32N4O3S. The fraction of sp³-hybridized carbons (Fsp3) is 0.458. The van der Waals surface area contributed by atoms with Crippen LogP contribution >= 0.6 is 11.8 Å². The summed E-state index contributed by atoms with van der Waals surface area (Å²) in [5.74, 6) is 2.53. The highest BCUT2D eigenvalue weighted by Crippen LogP contribution is 2.37. The SMILES string of the molecule is C=CCOC(=O)C1=C(C)Nc2nc(SCCC)nn2C1c1ccc(OCCC(C)C)cc1. The molecule has 2 aromatic rings. The molecule has 8 heteroatoms. The Hall–Kier alpha value is -2.74. The standard InChI is InChI=1S/C24H32N4O3S/c1-6-13-31-22(29)20-17(5)25-23-26-24(32-15-7-2)27-28(23)21(20)18-8-10-19(11-9-18)30-14-12-16(3)4/h6,8-11,16,21H,1,7,12-15H2,2-5H3,(H,25,26,27). The molecule has 0 amide bonds. The van der Waals surface area contributed by atoms with Crippen LogP contribution in [-0.4, -0.2) is 39.7 Å². The monoisotopic (exact) mass is 456 g/mol. The molecule has 0 aliphatic carbocycles. The third-order valence-electron chi connectivity index (χ3n) is 4.98. The van der Waals surface area contributed by atoms with Gasteiger partial charge in [-0.2, -0.15) is 4.98 Å². The number of hydrogen-bond acceptors (Lipinski definition) is 7. The van der Waals surface area contributed by atoms with Crippen LogP contribution in [0.4, 0.5) is 5.95 Å². The number of nitrogens with zero attached hydrogens (tertiary/aromatic N) is 3. The molecule has 1 aliphatic rings. The lowest BCUT2D eigenvalue weighted by atomic mass is 9.96. The quantitative estimate of drug-likeness (QED) is 0.282. The van der Waals surface area contributed by atoms with Crippen molar-refractivity contribution in [1.82, 2.24) is 14.8 Å². The largest absolute Gasteiger partial charge is 0.494 e. The van der Waals surface area contributed by atoms with Gasteiger partial charge in [0.1, 0.15) is 18.4 Å². The summed E-state index contributed by atoms with van der Waals surface area (Å²) < 4.78 is 13.0. The molecule has 0 bridgehead atoms. The van der Waals surface area contributed by atoms with Crippen LogP contribution in [-0.2, 0) is 9.53 Å². The van der Waals surface area contributed by atoms with Gasteiger partial charge in [0.2, 0.25) is 11.1 Å². The number of allylic oxidation sites excluding steroid dienone is 1. The first-order valence-corrected chi connectivity index (χ1v) is 12.0. The van der Waals surface area contributed by atoms with Crippen LogP contribution in [0, 0.1) is 5.92 Å². The van der Waals surface area contributed by atoms with Crippen LogP contribution in [0.1, 0.15) is 52.1 Å². The van der Waals surface area contributed by atoms with Crippen molar-refractivity contribution in [2.24, 2.45) is 5.92 Å². The summed E-state index contributed by atoms with van der Waals surface area (Å²) in [5, 5.41) is 8.60. The molecule has 172 valence electrons. The van der Waals surface area contributed by atoms with Gasteiger partial charge in [-0.1, -0.05) is 57.3 Å². The van der Waals surface area contributed by atoms with E-state index in [9.17, 15) is 4.79 Å². The van der Waals surface area contributed by atoms with Gasteiger partial charge in [0, 0.05) is 11.4 Å². The van der Waals surface area contributed by atoms with Crippen molar-refractivity contribution in [2.45, 2.75) is 51.7 Å². The van der Waals surface area contributed by atoms with E-state index in [1.165, 1.54) is 0 Å². The third kappa shape index (κ3) is 5.73. The maximum atomic E-state index is 13.0. The van der Waals surface area contributed by atoms with E-state index in [2.05, 4.69) is 37.7 Å². The Balaban J connectivity index is 1.93. The Labute approximate surface area is 194 Å². The minimum Gasteiger partial charge on any atom is -0.494 e. The number of benzene rings is 1. The third-order valence-corrected chi connectivity index (χ3v) is 6.02. The van der Waals surface area contributed by atoms with Crippen LogP contribution in [0.5, 0.6) is 5.75 Å². The van der Waals surface area contributed by atoms with Gasteiger partial charge < -0.3 is 14.8 Å². The van der Waals surface area contributed by atoms with Crippen molar-refractivity contribution >= 4 is 23.7 Å². The highest BCUT2D eigenvalue weighted by Gasteiger charge is 2.35. The minimum atomic E-state index is -0.447. The summed E-state index contributed by atoms with van der Waals surface area (Å²) in [6, 6.07) is 7.36. The topological polar surface area (TPSA) is 78.3 Å². The van der Waals surface area contributed by atoms with Crippen molar-refractivity contribution in [3.63, 3.8) is 0 Å². The van der Waals surface area contributed by atoms with Crippen LogP contribution in [0.25, 0.3) is 0 Å². The van der Waals surface area contributed by atoms with E-state index >= 15 is 0 Å². The molecule has 1 atom stereocenters. The van der Waals surface area contributed by atoms with Crippen LogP contribution in [0.2, 0.25) is 0 Å². The van der Waals surface area contributed by atoms with Gasteiger partial charge in [-0.3, -0.25) is 0 Å². The normalized spacial score (nSPS) is 15.3. The highest BCUT2D eigenvalue weighted by molar-refractivity contribution is 7.99. The van der Waals surface area contributed by atoms with Gasteiger partial charge in [-0.15, -0.1) is 5.10 Å². The average Bonchev–Trinajstić information content (AvgIpc) is 3.17. The van der Waals surface area contributed by atoms with E-state index in [0.717, 1.165) is 29.9 Å². The molecule has 0 radical (unpaired) electrons. The number of hydrogen-bond donors (Lipinski definition) is 1. The summed E-state index contributed by atoms with van der Waals surface area (Å²) in [4.78, 5) is 17.6. The zero-order valence-electron chi connectivity index (χ0n) is 19.3. The summed E-state index contributed by atoms with van der Waals surface area (Å²) in [6.07, 6.45) is 3.58. The predicted octanol–water partition coefficient (Wildman–Crippen LogP) is 5.22. The van der Waals surface area contributed by atoms with Crippen LogP contribution in [0.15, 0.2) is 53.3 Å². The molecule has 1 N–H and O–H groups in total. The van der Waals surface area contributed by atoms with Crippen molar-refractivity contribution in [3.8, 4) is 5.75 Å². The lowest BCUT2D eigenvalue weighted by Gasteiger charge is -2.28. The van der Waals surface area contributed by atoms with E-state index in [0.29, 0.717) is 34.9 Å². The summed E-state index contributed by atoms with van der Waals surface area (Å²) in [6.45, 7) is 12.8. The molecule has 7 nitrogen and oxygen atoms in total. The first-order valence-electron chi connectivity index (χ1n) is 11.0. The number of ether oxygens (including phenoxy) is 2. The fourth-order valence-electron chi connectivity index (χ4n) is 3.33. The lowest BCUT2D eigenvalue weighted by Crippen LogP contribution is -2.29. The molecule has 1 aliphatic heterocycles. The number of nitrogens with one attached hydrogen (secondary N) is 1. The zero-order chi connectivity index (χ0) is 23.1. The highest BCUT2D eigenvalue weighted by atomic mass is 32.2. The molecule has 0 saturated heterocycles. The van der Waals surface area contributed by atoms with E-state index in [-0.39, 0.29) is 6.61 Å². The molecule has 2 heterocycles. The Bertz CT molecular complexity index is 966. The number of carbonyl (C=O) groups excluding carboxylic acids is 1. The van der Waals surface area contributed by atoms with E-state index in [1.54, 1.807) is 22.5 Å². The number of fused-ring (bicyclic) bond motifs is 1. The molecular weight excluding hydrogens is 424 g/mol.